The molecule has 2 nitrogen and oxygen atoms in total. The molecule has 0 saturated heterocycles. The van der Waals surface area contributed by atoms with Gasteiger partial charge >= 0.3 is 0 Å². The summed E-state index contributed by atoms with van der Waals surface area (Å²) in [5.74, 6) is 0. The van der Waals surface area contributed by atoms with Crippen molar-refractivity contribution in [1.29, 1.82) is 0 Å². The molecule has 0 aliphatic carbocycles. The average Bonchev–Trinajstić information content (AvgIpc) is 3.05. The van der Waals surface area contributed by atoms with Crippen LogP contribution in [0.5, 0.6) is 0 Å². The predicted octanol–water partition coefficient (Wildman–Crippen LogP) is 1.01. The van der Waals surface area contributed by atoms with E-state index in [1.165, 1.54) is 22.5 Å². The molecule has 1 aliphatic rings. The molecule has 0 unspecified atom stereocenters. The number of rotatable bonds is 4. The number of anilines is 1. The summed E-state index contributed by atoms with van der Waals surface area (Å²) >= 11 is 0. The average molecular weight is 406 g/mol. The molecule has 3 heteroatoms. The van der Waals surface area contributed by atoms with Crippen molar-refractivity contribution in [2.24, 2.45) is 0 Å². The molecule has 2 aromatic rings. The van der Waals surface area contributed by atoms with E-state index in [2.05, 4.69) is 78.2 Å². The van der Waals surface area contributed by atoms with Crippen LogP contribution in [0.3, 0.4) is 0 Å². The zero-order valence-corrected chi connectivity index (χ0v) is 15.5. The van der Waals surface area contributed by atoms with E-state index in [0.29, 0.717) is 0 Å². The smallest absolute Gasteiger partial charge is 0.244 e. The van der Waals surface area contributed by atoms with Crippen LogP contribution in [0.15, 0.2) is 48.5 Å². The van der Waals surface area contributed by atoms with E-state index < -0.39 is 0 Å². The summed E-state index contributed by atoms with van der Waals surface area (Å²) in [7, 11) is 0. The Labute approximate surface area is 150 Å². The molecule has 1 heterocycles. The Morgan fingerprint density at radius 3 is 1.95 bits per heavy atom. The second-order valence-electron chi connectivity index (χ2n) is 5.54. The zero-order chi connectivity index (χ0) is 14.7. The summed E-state index contributed by atoms with van der Waals surface area (Å²) < 4.78 is 2.33. The van der Waals surface area contributed by atoms with Crippen molar-refractivity contribution in [3.63, 3.8) is 0 Å². The SMILES string of the molecule is CCc1ccc(N2C=[N+](c3ccc(CC)cc3)CC2)cc1.[I-]. The van der Waals surface area contributed by atoms with Crippen LogP contribution >= 0.6 is 0 Å². The van der Waals surface area contributed by atoms with Gasteiger partial charge in [-0.05, 0) is 48.2 Å². The highest BCUT2D eigenvalue weighted by atomic mass is 127. The van der Waals surface area contributed by atoms with Crippen LogP contribution in [0.4, 0.5) is 11.4 Å². The Balaban J connectivity index is 0.00000176. The van der Waals surface area contributed by atoms with Gasteiger partial charge in [-0.2, -0.15) is 0 Å². The van der Waals surface area contributed by atoms with Gasteiger partial charge in [-0.3, -0.25) is 0 Å². The van der Waals surface area contributed by atoms with Gasteiger partial charge in [0.2, 0.25) is 6.34 Å². The summed E-state index contributed by atoms with van der Waals surface area (Å²) in [5.41, 5.74) is 5.34. The fraction of sp³-hybridized carbons (Fsp3) is 0.316. The fourth-order valence-electron chi connectivity index (χ4n) is 2.74. The maximum absolute atomic E-state index is 2.33. The largest absolute Gasteiger partial charge is 1.00 e. The van der Waals surface area contributed by atoms with E-state index in [1.807, 2.05) is 0 Å². The molecule has 22 heavy (non-hydrogen) atoms. The second kappa shape index (κ2) is 7.77. The molecule has 0 spiro atoms. The van der Waals surface area contributed by atoms with Crippen molar-refractivity contribution >= 4 is 17.7 Å². The number of aryl methyl sites for hydroxylation is 2. The molecule has 0 aromatic heterocycles. The van der Waals surface area contributed by atoms with E-state index in [9.17, 15) is 0 Å². The number of benzene rings is 2. The topological polar surface area (TPSA) is 6.25 Å². The lowest BCUT2D eigenvalue weighted by Gasteiger charge is -2.06. The summed E-state index contributed by atoms with van der Waals surface area (Å²) in [6, 6.07) is 17.8. The lowest BCUT2D eigenvalue weighted by Crippen LogP contribution is -3.00. The number of halogens is 1. The highest BCUT2D eigenvalue weighted by molar-refractivity contribution is 5.78. The van der Waals surface area contributed by atoms with Gasteiger partial charge in [0, 0.05) is 0 Å². The Morgan fingerprint density at radius 1 is 0.864 bits per heavy atom. The van der Waals surface area contributed by atoms with Crippen LogP contribution in [0.1, 0.15) is 25.0 Å². The van der Waals surface area contributed by atoms with E-state index in [1.54, 1.807) is 0 Å². The third kappa shape index (κ3) is 3.69. The van der Waals surface area contributed by atoms with E-state index in [-0.39, 0.29) is 24.0 Å². The van der Waals surface area contributed by atoms with Gasteiger partial charge in [-0.25, -0.2) is 9.48 Å². The van der Waals surface area contributed by atoms with Gasteiger partial charge in [-0.15, -0.1) is 0 Å². The van der Waals surface area contributed by atoms with Crippen molar-refractivity contribution in [1.82, 2.24) is 0 Å². The second-order valence-corrected chi connectivity index (χ2v) is 5.54. The van der Waals surface area contributed by atoms with Crippen LogP contribution in [0.25, 0.3) is 0 Å². The minimum absolute atomic E-state index is 0. The summed E-state index contributed by atoms with van der Waals surface area (Å²) in [5, 5.41) is 0. The van der Waals surface area contributed by atoms with Gasteiger partial charge in [-0.1, -0.05) is 38.1 Å². The van der Waals surface area contributed by atoms with Crippen LogP contribution in [0.2, 0.25) is 0 Å². The van der Waals surface area contributed by atoms with Gasteiger partial charge in [0.25, 0.3) is 0 Å². The van der Waals surface area contributed by atoms with E-state index in [4.69, 9.17) is 0 Å². The highest BCUT2D eigenvalue weighted by Crippen LogP contribution is 2.20. The van der Waals surface area contributed by atoms with Gasteiger partial charge in [0.05, 0.1) is 0 Å². The van der Waals surface area contributed by atoms with Gasteiger partial charge < -0.3 is 24.0 Å². The third-order valence-corrected chi connectivity index (χ3v) is 4.21. The highest BCUT2D eigenvalue weighted by Gasteiger charge is 2.22. The first-order chi connectivity index (χ1) is 10.3. The number of nitrogens with zero attached hydrogens (tertiary/aromatic N) is 2. The van der Waals surface area contributed by atoms with Crippen LogP contribution in [-0.4, -0.2) is 24.0 Å². The minimum Gasteiger partial charge on any atom is -1.00 e. The molecule has 2 aromatic carbocycles. The standard InChI is InChI=1S/C19H23N2.HI/c1-3-16-5-9-18(10-6-16)20-13-14-21(15-20)19-11-7-17(4-2)8-12-19;/h5-12,15H,3-4,13-14H2,1-2H3;1H/q+1;/p-1. The zero-order valence-electron chi connectivity index (χ0n) is 13.3. The number of hydrogen-bond donors (Lipinski definition) is 0. The maximum atomic E-state index is 2.33. The Kier molecular flexibility index (Phi) is 6.00. The van der Waals surface area contributed by atoms with Crippen molar-refractivity contribution in [3.05, 3.63) is 59.7 Å². The Hall–Kier alpha value is -1.36. The third-order valence-electron chi connectivity index (χ3n) is 4.21. The first-order valence-electron chi connectivity index (χ1n) is 7.86. The Bertz CT molecular complexity index is 629. The quantitative estimate of drug-likeness (QED) is 0.543. The monoisotopic (exact) mass is 406 g/mol. The molecule has 0 radical (unpaired) electrons. The first-order valence-corrected chi connectivity index (χ1v) is 7.86. The van der Waals surface area contributed by atoms with Gasteiger partial charge in [0.1, 0.15) is 24.5 Å². The predicted molar refractivity (Wildman–Crippen MR) is 89.8 cm³/mol. The Morgan fingerprint density at radius 2 is 1.41 bits per heavy atom. The molecule has 0 saturated carbocycles. The van der Waals surface area contributed by atoms with Crippen molar-refractivity contribution in [2.45, 2.75) is 26.7 Å². The minimum atomic E-state index is 0. The maximum Gasteiger partial charge on any atom is 0.244 e. The van der Waals surface area contributed by atoms with Gasteiger partial charge in [0.15, 0.2) is 0 Å². The summed E-state index contributed by atoms with van der Waals surface area (Å²) in [6.45, 7) is 6.47. The van der Waals surface area contributed by atoms with Crippen molar-refractivity contribution in [2.75, 3.05) is 18.0 Å². The van der Waals surface area contributed by atoms with E-state index in [0.717, 1.165) is 25.9 Å². The van der Waals surface area contributed by atoms with Crippen LogP contribution < -0.4 is 28.9 Å². The molecule has 0 amide bonds. The van der Waals surface area contributed by atoms with Crippen LogP contribution in [-0.2, 0) is 12.8 Å². The van der Waals surface area contributed by atoms with E-state index >= 15 is 0 Å². The molecule has 0 fully saturated rings. The first kappa shape index (κ1) is 17.0. The summed E-state index contributed by atoms with van der Waals surface area (Å²) in [4.78, 5) is 2.33. The molecule has 0 N–H and O–H groups in total. The molecule has 116 valence electrons. The molecule has 0 atom stereocenters. The normalized spacial score (nSPS) is 13.7. The van der Waals surface area contributed by atoms with Crippen molar-refractivity contribution in [3.8, 4) is 0 Å². The van der Waals surface area contributed by atoms with Crippen LogP contribution in [0, 0.1) is 0 Å². The summed E-state index contributed by atoms with van der Waals surface area (Å²) in [6.07, 6.45) is 4.42. The molecular weight excluding hydrogens is 383 g/mol. The number of hydrogen-bond acceptors (Lipinski definition) is 1. The fourth-order valence-corrected chi connectivity index (χ4v) is 2.74. The molecule has 3 rings (SSSR count). The lowest BCUT2D eigenvalue weighted by atomic mass is 10.1. The molecule has 1 aliphatic heterocycles. The lowest BCUT2D eigenvalue weighted by molar-refractivity contribution is -0.424. The van der Waals surface area contributed by atoms with Crippen molar-refractivity contribution < 1.29 is 28.6 Å². The molecule has 0 bridgehead atoms. The molecular formula is C19H23IN2.